The number of benzene rings is 1. The lowest BCUT2D eigenvalue weighted by Crippen LogP contribution is -1.79. The molecule has 0 N–H and O–H groups in total. The van der Waals surface area contributed by atoms with E-state index >= 15 is 0 Å². The van der Waals surface area contributed by atoms with Crippen LogP contribution in [-0.2, 0) is 6.54 Å². The molecule has 1 aromatic rings. The van der Waals surface area contributed by atoms with Gasteiger partial charge in [-0.25, -0.2) is 0 Å². The molecule has 0 saturated heterocycles. The summed E-state index contributed by atoms with van der Waals surface area (Å²) in [5, 5.41) is 3.36. The highest BCUT2D eigenvalue weighted by Crippen LogP contribution is 2.23. The molecular weight excluding hydrogens is 229 g/mol. The first-order valence-electron chi connectivity index (χ1n) is 2.97. The Kier molecular flexibility index (Phi) is 3.02. The molecule has 0 unspecified atom stereocenters. The summed E-state index contributed by atoms with van der Waals surface area (Å²) < 4.78 is 0.828. The smallest absolute Gasteiger partial charge is 0.106 e. The van der Waals surface area contributed by atoms with Crippen molar-refractivity contribution in [2.75, 3.05) is 0 Å². The fraction of sp³-hybridized carbons (Fsp3) is 0.143. The number of nitroso groups, excluding NO2 is 1. The summed E-state index contributed by atoms with van der Waals surface area (Å²) >= 11 is 9.00. The Morgan fingerprint density at radius 2 is 2.27 bits per heavy atom. The zero-order valence-corrected chi connectivity index (χ0v) is 7.89. The molecule has 0 heterocycles. The van der Waals surface area contributed by atoms with Crippen molar-refractivity contribution in [3.05, 3.63) is 38.2 Å². The van der Waals surface area contributed by atoms with Gasteiger partial charge >= 0.3 is 0 Å². The predicted octanol–water partition coefficient (Wildman–Crippen LogP) is 3.37. The van der Waals surface area contributed by atoms with Gasteiger partial charge in [0.2, 0.25) is 0 Å². The first-order chi connectivity index (χ1) is 5.24. The van der Waals surface area contributed by atoms with Gasteiger partial charge in [0.25, 0.3) is 0 Å². The molecule has 2 nitrogen and oxygen atoms in total. The average Bonchev–Trinajstić information content (AvgIpc) is 1.98. The van der Waals surface area contributed by atoms with Crippen LogP contribution in [0, 0.1) is 4.91 Å². The lowest BCUT2D eigenvalue weighted by atomic mass is 10.2. The minimum Gasteiger partial charge on any atom is -0.150 e. The van der Waals surface area contributed by atoms with Gasteiger partial charge in [-0.15, -0.1) is 0 Å². The third-order valence-electron chi connectivity index (χ3n) is 1.23. The topological polar surface area (TPSA) is 29.4 Å². The monoisotopic (exact) mass is 233 g/mol. The molecule has 0 aliphatic rings. The van der Waals surface area contributed by atoms with Crippen molar-refractivity contribution in [2.24, 2.45) is 5.18 Å². The van der Waals surface area contributed by atoms with Crippen molar-refractivity contribution in [1.82, 2.24) is 0 Å². The summed E-state index contributed by atoms with van der Waals surface area (Å²) in [5.74, 6) is 0. The van der Waals surface area contributed by atoms with E-state index in [-0.39, 0.29) is 6.54 Å². The molecular formula is C7H5BrClNO. The van der Waals surface area contributed by atoms with Crippen molar-refractivity contribution in [2.45, 2.75) is 6.54 Å². The molecule has 1 aromatic carbocycles. The van der Waals surface area contributed by atoms with E-state index in [9.17, 15) is 4.91 Å². The normalized spacial score (nSPS) is 9.64. The fourth-order valence-electron chi connectivity index (χ4n) is 0.713. The third kappa shape index (κ3) is 2.27. The molecule has 0 aromatic heterocycles. The Hall–Kier alpha value is -0.410. The van der Waals surface area contributed by atoms with Crippen molar-refractivity contribution in [3.63, 3.8) is 0 Å². The van der Waals surface area contributed by atoms with Gasteiger partial charge in [0.15, 0.2) is 0 Å². The van der Waals surface area contributed by atoms with E-state index in [4.69, 9.17) is 11.6 Å². The van der Waals surface area contributed by atoms with Gasteiger partial charge in [0, 0.05) is 4.47 Å². The maximum absolute atomic E-state index is 9.87. The van der Waals surface area contributed by atoms with Crippen LogP contribution in [0.5, 0.6) is 0 Å². The Balaban J connectivity index is 2.95. The van der Waals surface area contributed by atoms with Crippen LogP contribution in [0.15, 0.2) is 27.8 Å². The minimum atomic E-state index is 0.174. The van der Waals surface area contributed by atoms with E-state index in [1.54, 1.807) is 18.2 Å². The molecule has 0 aliphatic carbocycles. The van der Waals surface area contributed by atoms with E-state index in [2.05, 4.69) is 21.1 Å². The van der Waals surface area contributed by atoms with Crippen LogP contribution in [-0.4, -0.2) is 0 Å². The summed E-state index contributed by atoms with van der Waals surface area (Å²) in [5.41, 5.74) is 0.827. The van der Waals surface area contributed by atoms with Crippen molar-refractivity contribution < 1.29 is 0 Å². The molecule has 0 spiro atoms. The SMILES string of the molecule is O=NCc1ccc(Br)c(Cl)c1. The van der Waals surface area contributed by atoms with Crippen LogP contribution in [0.2, 0.25) is 5.02 Å². The van der Waals surface area contributed by atoms with Crippen LogP contribution in [0.3, 0.4) is 0 Å². The molecule has 0 amide bonds. The first-order valence-corrected chi connectivity index (χ1v) is 4.14. The van der Waals surface area contributed by atoms with Gasteiger partial charge in [-0.1, -0.05) is 22.8 Å². The molecule has 0 atom stereocenters. The van der Waals surface area contributed by atoms with Crippen LogP contribution in [0.25, 0.3) is 0 Å². The minimum absolute atomic E-state index is 0.174. The summed E-state index contributed by atoms with van der Waals surface area (Å²) in [6.45, 7) is 0.174. The summed E-state index contributed by atoms with van der Waals surface area (Å²) in [4.78, 5) is 9.87. The van der Waals surface area contributed by atoms with Gasteiger partial charge in [0.05, 0.1) is 5.02 Å². The number of hydrogen-bond donors (Lipinski definition) is 0. The van der Waals surface area contributed by atoms with Crippen molar-refractivity contribution in [1.29, 1.82) is 0 Å². The van der Waals surface area contributed by atoms with Crippen molar-refractivity contribution >= 4 is 27.5 Å². The second-order valence-electron chi connectivity index (χ2n) is 2.04. The largest absolute Gasteiger partial charge is 0.150 e. The molecule has 11 heavy (non-hydrogen) atoms. The highest BCUT2D eigenvalue weighted by molar-refractivity contribution is 9.10. The molecule has 0 saturated carbocycles. The fourth-order valence-corrected chi connectivity index (χ4v) is 1.16. The maximum Gasteiger partial charge on any atom is 0.106 e. The molecule has 1 rings (SSSR count). The van der Waals surface area contributed by atoms with Gasteiger partial charge in [-0.3, -0.25) is 0 Å². The lowest BCUT2D eigenvalue weighted by Gasteiger charge is -1.97. The molecule has 4 heteroatoms. The second-order valence-corrected chi connectivity index (χ2v) is 3.30. The Bertz CT molecular complexity index is 277. The molecule has 0 radical (unpaired) electrons. The average molecular weight is 234 g/mol. The Morgan fingerprint density at radius 1 is 1.55 bits per heavy atom. The van der Waals surface area contributed by atoms with Crippen LogP contribution in [0.1, 0.15) is 5.56 Å². The van der Waals surface area contributed by atoms with Crippen molar-refractivity contribution in [3.8, 4) is 0 Å². The summed E-state index contributed by atoms with van der Waals surface area (Å²) in [6, 6.07) is 5.31. The molecule has 0 aliphatic heterocycles. The highest BCUT2D eigenvalue weighted by Gasteiger charge is 1.97. The molecule has 58 valence electrons. The van der Waals surface area contributed by atoms with Crippen LogP contribution in [0.4, 0.5) is 0 Å². The predicted molar refractivity (Wildman–Crippen MR) is 48.7 cm³/mol. The highest BCUT2D eigenvalue weighted by atomic mass is 79.9. The van der Waals surface area contributed by atoms with E-state index < -0.39 is 0 Å². The van der Waals surface area contributed by atoms with Gasteiger partial charge in [0.1, 0.15) is 6.54 Å². The summed E-state index contributed by atoms with van der Waals surface area (Å²) in [6.07, 6.45) is 0. The number of rotatable bonds is 2. The summed E-state index contributed by atoms with van der Waals surface area (Å²) in [7, 11) is 0. The first kappa shape index (κ1) is 8.68. The van der Waals surface area contributed by atoms with Gasteiger partial charge in [-0.05, 0) is 33.6 Å². The number of halogens is 2. The maximum atomic E-state index is 9.87. The van der Waals surface area contributed by atoms with Crippen LogP contribution >= 0.6 is 27.5 Å². The van der Waals surface area contributed by atoms with E-state index in [1.165, 1.54) is 0 Å². The Morgan fingerprint density at radius 3 is 2.82 bits per heavy atom. The third-order valence-corrected chi connectivity index (χ3v) is 2.46. The number of hydrogen-bond acceptors (Lipinski definition) is 2. The number of nitrogens with zero attached hydrogens (tertiary/aromatic N) is 1. The Labute approximate surface area is 77.7 Å². The zero-order chi connectivity index (χ0) is 8.27. The second kappa shape index (κ2) is 3.83. The van der Waals surface area contributed by atoms with E-state index in [0.29, 0.717) is 5.02 Å². The van der Waals surface area contributed by atoms with Gasteiger partial charge < -0.3 is 0 Å². The van der Waals surface area contributed by atoms with Crippen LogP contribution < -0.4 is 0 Å². The quantitative estimate of drug-likeness (QED) is 0.722. The van der Waals surface area contributed by atoms with E-state index in [1.807, 2.05) is 0 Å². The van der Waals surface area contributed by atoms with Gasteiger partial charge in [-0.2, -0.15) is 4.91 Å². The molecule has 0 bridgehead atoms. The lowest BCUT2D eigenvalue weighted by molar-refractivity contribution is 1.05. The standard InChI is InChI=1S/C7H5BrClNO/c8-6-2-1-5(4-10-11)3-7(6)9/h1-3H,4H2. The zero-order valence-electron chi connectivity index (χ0n) is 5.55. The molecule has 0 fully saturated rings. The van der Waals surface area contributed by atoms with E-state index in [0.717, 1.165) is 10.0 Å².